The van der Waals surface area contributed by atoms with Crippen LogP contribution in [0.25, 0.3) is 0 Å². The summed E-state index contributed by atoms with van der Waals surface area (Å²) in [4.78, 5) is 0. The van der Waals surface area contributed by atoms with Crippen molar-refractivity contribution in [1.29, 1.82) is 0 Å². The molecule has 1 aliphatic rings. The average Bonchev–Trinajstić information content (AvgIpc) is 2.65. The summed E-state index contributed by atoms with van der Waals surface area (Å²) in [5, 5.41) is 10.0. The molecule has 0 saturated carbocycles. The second-order valence-corrected chi connectivity index (χ2v) is 7.75. The van der Waals surface area contributed by atoms with E-state index in [1.807, 2.05) is 60.7 Å². The molecule has 0 aliphatic carbocycles. The van der Waals surface area contributed by atoms with Gasteiger partial charge in [-0.2, -0.15) is 0 Å². The monoisotopic (exact) mass is 454 g/mol. The van der Waals surface area contributed by atoms with Crippen molar-refractivity contribution >= 4 is 22.6 Å². The maximum atomic E-state index is 10.0. The van der Waals surface area contributed by atoms with Crippen LogP contribution < -0.4 is 0 Å². The molecule has 1 aliphatic heterocycles. The molecule has 5 heteroatoms. The first-order valence-electron chi connectivity index (χ1n) is 8.47. The first-order chi connectivity index (χ1) is 12.2. The lowest BCUT2D eigenvalue weighted by Gasteiger charge is -2.37. The average molecular weight is 454 g/mol. The van der Waals surface area contributed by atoms with Gasteiger partial charge in [-0.05, 0) is 17.5 Å². The van der Waals surface area contributed by atoms with Crippen LogP contribution in [0.1, 0.15) is 17.5 Å². The Morgan fingerprint density at radius 3 is 2.20 bits per heavy atom. The lowest BCUT2D eigenvalue weighted by Crippen LogP contribution is -2.48. The number of aliphatic hydroxyl groups is 1. The summed E-state index contributed by atoms with van der Waals surface area (Å²) in [6.07, 6.45) is -0.397. The summed E-state index contributed by atoms with van der Waals surface area (Å²) < 4.78 is 17.6. The molecule has 1 fully saturated rings. The molecule has 1 N–H and O–H groups in total. The Morgan fingerprint density at radius 1 is 0.960 bits per heavy atom. The number of hydrogen-bond donors (Lipinski definition) is 1. The number of rotatable bonds is 7. The van der Waals surface area contributed by atoms with Crippen molar-refractivity contribution in [3.63, 3.8) is 0 Å². The third-order valence-electron chi connectivity index (χ3n) is 4.20. The Labute approximate surface area is 162 Å². The van der Waals surface area contributed by atoms with Gasteiger partial charge in [0.1, 0.15) is 6.10 Å². The molecule has 3 rings (SSSR count). The molecule has 0 spiro atoms. The third kappa shape index (κ3) is 5.76. The molecule has 1 saturated heterocycles. The van der Waals surface area contributed by atoms with Crippen LogP contribution in [0, 0.1) is 0 Å². The Morgan fingerprint density at radius 2 is 1.56 bits per heavy atom. The van der Waals surface area contributed by atoms with Crippen LogP contribution in [-0.2, 0) is 27.4 Å². The molecule has 0 radical (unpaired) electrons. The smallest absolute Gasteiger partial charge is 0.167 e. The summed E-state index contributed by atoms with van der Waals surface area (Å²) in [5.74, 6) is 0. The van der Waals surface area contributed by atoms with E-state index in [-0.39, 0.29) is 16.1 Å². The molecule has 134 valence electrons. The van der Waals surface area contributed by atoms with Crippen LogP contribution in [0.3, 0.4) is 0 Å². The molecule has 0 aromatic heterocycles. The van der Waals surface area contributed by atoms with E-state index in [9.17, 15) is 5.11 Å². The van der Waals surface area contributed by atoms with Gasteiger partial charge in [-0.15, -0.1) is 0 Å². The molecule has 0 unspecified atom stereocenters. The highest BCUT2D eigenvalue weighted by Gasteiger charge is 2.36. The van der Waals surface area contributed by atoms with Gasteiger partial charge in [-0.1, -0.05) is 83.3 Å². The van der Waals surface area contributed by atoms with Crippen molar-refractivity contribution in [1.82, 2.24) is 0 Å². The van der Waals surface area contributed by atoms with E-state index in [4.69, 9.17) is 14.2 Å². The van der Waals surface area contributed by atoms with Crippen molar-refractivity contribution in [3.05, 3.63) is 71.8 Å². The minimum absolute atomic E-state index is 0.0174. The Balaban J connectivity index is 1.54. The van der Waals surface area contributed by atoms with Crippen molar-refractivity contribution in [2.45, 2.75) is 42.1 Å². The number of alkyl halides is 1. The molecule has 4 atom stereocenters. The molecule has 4 nitrogen and oxygen atoms in total. The van der Waals surface area contributed by atoms with Crippen LogP contribution in [0.5, 0.6) is 0 Å². The summed E-state index contributed by atoms with van der Waals surface area (Å²) >= 11 is 2.21. The molecular weight excluding hydrogens is 431 g/mol. The van der Waals surface area contributed by atoms with Gasteiger partial charge in [-0.25, -0.2) is 0 Å². The van der Waals surface area contributed by atoms with Gasteiger partial charge in [0.25, 0.3) is 0 Å². The zero-order valence-electron chi connectivity index (χ0n) is 14.0. The quantitative estimate of drug-likeness (QED) is 0.512. The largest absolute Gasteiger partial charge is 0.374 e. The van der Waals surface area contributed by atoms with Gasteiger partial charge in [0, 0.05) is 0 Å². The minimum atomic E-state index is -0.775. The van der Waals surface area contributed by atoms with E-state index in [0.29, 0.717) is 19.8 Å². The van der Waals surface area contributed by atoms with E-state index in [0.717, 1.165) is 17.5 Å². The normalized spacial score (nSPS) is 26.5. The topological polar surface area (TPSA) is 47.9 Å². The highest BCUT2D eigenvalue weighted by Crippen LogP contribution is 2.28. The SMILES string of the molecule is O[C@H]1O[C@H](COCc2ccccc2)[C@@H](OCc2ccccc2)C[C@@H]1I. The van der Waals surface area contributed by atoms with E-state index >= 15 is 0 Å². The van der Waals surface area contributed by atoms with Crippen molar-refractivity contribution < 1.29 is 19.3 Å². The van der Waals surface area contributed by atoms with Gasteiger partial charge in [0.05, 0.1) is 29.8 Å². The zero-order chi connectivity index (χ0) is 17.5. The summed E-state index contributed by atoms with van der Waals surface area (Å²) in [5.41, 5.74) is 2.25. The minimum Gasteiger partial charge on any atom is -0.374 e. The standard InChI is InChI=1S/C20H23IO4/c21-17-11-18(24-13-16-9-5-2-6-10-16)19(25-20(17)22)14-23-12-15-7-3-1-4-8-15/h1-10,17-20,22H,11-14H2/t17-,18-,19+,20-/m0/s1. The molecule has 0 bridgehead atoms. The third-order valence-corrected chi connectivity index (χ3v) is 5.32. The van der Waals surface area contributed by atoms with Gasteiger partial charge < -0.3 is 19.3 Å². The predicted octanol–water partition coefficient (Wildman–Crippen LogP) is 3.70. The van der Waals surface area contributed by atoms with Gasteiger partial charge in [0.2, 0.25) is 0 Å². The summed E-state index contributed by atoms with van der Waals surface area (Å²) in [6, 6.07) is 20.1. The zero-order valence-corrected chi connectivity index (χ0v) is 16.1. The van der Waals surface area contributed by atoms with E-state index < -0.39 is 6.29 Å². The molecule has 2 aromatic carbocycles. The first kappa shape index (κ1) is 18.8. The van der Waals surface area contributed by atoms with Crippen molar-refractivity contribution in [2.75, 3.05) is 6.61 Å². The highest BCUT2D eigenvalue weighted by molar-refractivity contribution is 14.1. The molecule has 0 amide bonds. The fourth-order valence-corrected chi connectivity index (χ4v) is 3.48. The fourth-order valence-electron chi connectivity index (χ4n) is 2.81. The molecule has 1 heterocycles. The van der Waals surface area contributed by atoms with Crippen LogP contribution in [-0.4, -0.2) is 34.1 Å². The molecule has 2 aromatic rings. The van der Waals surface area contributed by atoms with Crippen LogP contribution in [0.4, 0.5) is 0 Å². The second kappa shape index (κ2) is 9.64. The number of aliphatic hydroxyl groups excluding tert-OH is 1. The van der Waals surface area contributed by atoms with Gasteiger partial charge in [-0.3, -0.25) is 0 Å². The second-order valence-electron chi connectivity index (χ2n) is 6.15. The number of ether oxygens (including phenoxy) is 3. The highest BCUT2D eigenvalue weighted by atomic mass is 127. The Bertz CT molecular complexity index is 622. The van der Waals surface area contributed by atoms with Crippen molar-refractivity contribution in [3.8, 4) is 0 Å². The number of hydrogen-bond acceptors (Lipinski definition) is 4. The van der Waals surface area contributed by atoms with Crippen LogP contribution in [0.15, 0.2) is 60.7 Å². The van der Waals surface area contributed by atoms with Gasteiger partial charge >= 0.3 is 0 Å². The maximum absolute atomic E-state index is 10.0. The number of halogens is 1. The van der Waals surface area contributed by atoms with Crippen LogP contribution in [0.2, 0.25) is 0 Å². The lowest BCUT2D eigenvalue weighted by molar-refractivity contribution is -0.219. The molecular formula is C20H23IO4. The molecule has 25 heavy (non-hydrogen) atoms. The maximum Gasteiger partial charge on any atom is 0.167 e. The number of benzene rings is 2. The Hall–Kier alpha value is -0.990. The van der Waals surface area contributed by atoms with E-state index in [1.54, 1.807) is 0 Å². The summed E-state index contributed by atoms with van der Waals surface area (Å²) in [6.45, 7) is 1.45. The first-order valence-corrected chi connectivity index (χ1v) is 9.72. The van der Waals surface area contributed by atoms with Gasteiger partial charge in [0.15, 0.2) is 6.29 Å². The fraction of sp³-hybridized carbons (Fsp3) is 0.400. The van der Waals surface area contributed by atoms with E-state index in [2.05, 4.69) is 22.6 Å². The predicted molar refractivity (Wildman–Crippen MR) is 104 cm³/mol. The summed E-state index contributed by atoms with van der Waals surface area (Å²) in [7, 11) is 0. The lowest BCUT2D eigenvalue weighted by atomic mass is 10.0. The Kier molecular flexibility index (Phi) is 7.24. The van der Waals surface area contributed by atoms with E-state index in [1.165, 1.54) is 0 Å². The van der Waals surface area contributed by atoms with Crippen molar-refractivity contribution in [2.24, 2.45) is 0 Å². The van der Waals surface area contributed by atoms with Crippen LogP contribution >= 0.6 is 22.6 Å².